The van der Waals surface area contributed by atoms with Gasteiger partial charge in [-0.1, -0.05) is 89.7 Å². The Bertz CT molecular complexity index is 1660. The molecule has 4 rings (SSSR count). The summed E-state index contributed by atoms with van der Waals surface area (Å²) in [5.41, 5.74) is 1.75. The molecule has 4 aromatic rings. The van der Waals surface area contributed by atoms with Gasteiger partial charge in [0, 0.05) is 31.9 Å². The van der Waals surface area contributed by atoms with Crippen molar-refractivity contribution in [1.29, 1.82) is 0 Å². The lowest BCUT2D eigenvalue weighted by Crippen LogP contribution is -2.30. The van der Waals surface area contributed by atoms with Gasteiger partial charge in [-0.3, -0.25) is 14.4 Å². The van der Waals surface area contributed by atoms with E-state index in [1.54, 1.807) is 84.9 Å². The van der Waals surface area contributed by atoms with Crippen LogP contribution in [-0.4, -0.2) is 23.0 Å². The highest BCUT2D eigenvalue weighted by Gasteiger charge is 2.20. The van der Waals surface area contributed by atoms with E-state index in [0.717, 1.165) is 4.90 Å². The average molecular weight is 673 g/mol. The van der Waals surface area contributed by atoms with Crippen LogP contribution in [0.5, 0.6) is 0 Å². The highest BCUT2D eigenvalue weighted by atomic mass is 35.5. The largest absolute Gasteiger partial charge is 0.325 e. The highest BCUT2D eigenvalue weighted by Crippen LogP contribution is 2.30. The van der Waals surface area contributed by atoms with Gasteiger partial charge in [0.15, 0.2) is 0 Å². The van der Waals surface area contributed by atoms with Gasteiger partial charge >= 0.3 is 0 Å². The van der Waals surface area contributed by atoms with Crippen LogP contribution in [0.2, 0.25) is 20.1 Å². The van der Waals surface area contributed by atoms with Crippen molar-refractivity contribution >= 4 is 93.3 Å². The second-order valence-electron chi connectivity index (χ2n) is 9.17. The molecule has 43 heavy (non-hydrogen) atoms. The fraction of sp³-hybridized carbons (Fsp3) is 0.0938. The molecule has 0 spiro atoms. The van der Waals surface area contributed by atoms with E-state index >= 15 is 0 Å². The number of anilines is 2. The van der Waals surface area contributed by atoms with Crippen molar-refractivity contribution in [2.24, 2.45) is 0 Å². The summed E-state index contributed by atoms with van der Waals surface area (Å²) in [6.45, 7) is 1.90. The summed E-state index contributed by atoms with van der Waals surface area (Å²) in [6.07, 6.45) is 2.00. The Morgan fingerprint density at radius 2 is 1.49 bits per heavy atom. The van der Waals surface area contributed by atoms with Crippen molar-refractivity contribution < 1.29 is 14.4 Å². The molecule has 3 amide bonds. The van der Waals surface area contributed by atoms with Crippen molar-refractivity contribution in [3.8, 4) is 0 Å². The summed E-state index contributed by atoms with van der Waals surface area (Å²) in [5, 5.41) is 9.30. The van der Waals surface area contributed by atoms with Gasteiger partial charge in [0.1, 0.15) is 5.70 Å². The molecule has 220 valence electrons. The molecule has 0 bridgehead atoms. The van der Waals surface area contributed by atoms with Gasteiger partial charge in [-0.2, -0.15) is 0 Å². The Hall–Kier alpha value is -3.46. The second-order valence-corrected chi connectivity index (χ2v) is 12.1. The van der Waals surface area contributed by atoms with Crippen molar-refractivity contribution in [3.05, 3.63) is 128 Å². The van der Waals surface area contributed by atoms with E-state index < -0.39 is 17.1 Å². The third kappa shape index (κ3) is 9.26. The summed E-state index contributed by atoms with van der Waals surface area (Å²) >= 11 is 26.0. The quantitative estimate of drug-likeness (QED) is 0.116. The molecule has 3 N–H and O–H groups in total. The molecule has 1 unspecified atom stereocenters. The van der Waals surface area contributed by atoms with E-state index in [-0.39, 0.29) is 16.6 Å². The van der Waals surface area contributed by atoms with Crippen LogP contribution >= 0.6 is 58.2 Å². The monoisotopic (exact) mass is 671 g/mol. The summed E-state index contributed by atoms with van der Waals surface area (Å²) in [6, 6.07) is 25.4. The van der Waals surface area contributed by atoms with Crippen LogP contribution in [0.1, 0.15) is 29.3 Å². The number of carbonyl (C=O) groups excluding carboxylic acids is 3. The highest BCUT2D eigenvalue weighted by molar-refractivity contribution is 8.00. The van der Waals surface area contributed by atoms with Crippen molar-refractivity contribution in [3.63, 3.8) is 0 Å². The van der Waals surface area contributed by atoms with Crippen molar-refractivity contribution in [2.45, 2.75) is 23.5 Å². The van der Waals surface area contributed by atoms with E-state index in [9.17, 15) is 14.4 Å². The predicted octanol–water partition coefficient (Wildman–Crippen LogP) is 9.22. The molecule has 0 aromatic heterocycles. The van der Waals surface area contributed by atoms with Crippen LogP contribution in [-0.2, 0) is 9.59 Å². The maximum absolute atomic E-state index is 13.5. The SMILES string of the molecule is CCC(Sc1cccc(NC(=O)/C(=C\c2cccc(Cl)c2Cl)NC(=O)c2ccccc2)c1)C(=O)Nc1cc(Cl)cc(Cl)c1. The van der Waals surface area contributed by atoms with E-state index in [4.69, 9.17) is 46.4 Å². The standard InChI is InChI=1S/C32H25Cl4N3O3S/c1-2-28(32(42)38-24-16-21(33)15-22(34)17-24)43-25-12-7-11-23(18-25)37-31(41)27(14-20-10-6-13-26(35)29(20)36)39-30(40)19-8-4-3-5-9-19/h3-18,28H,2H2,1H3,(H,37,41)(H,38,42)(H,39,40)/b27-14+. The third-order valence-electron chi connectivity index (χ3n) is 5.97. The molecule has 11 heteroatoms. The summed E-state index contributed by atoms with van der Waals surface area (Å²) < 4.78 is 0. The summed E-state index contributed by atoms with van der Waals surface area (Å²) in [4.78, 5) is 40.2. The normalized spacial score (nSPS) is 11.9. The smallest absolute Gasteiger partial charge is 0.272 e. The van der Waals surface area contributed by atoms with Gasteiger partial charge in [-0.25, -0.2) is 0 Å². The fourth-order valence-corrected chi connectivity index (χ4v) is 5.81. The summed E-state index contributed by atoms with van der Waals surface area (Å²) in [7, 11) is 0. The van der Waals surface area contributed by atoms with Gasteiger partial charge < -0.3 is 16.0 Å². The lowest BCUT2D eigenvalue weighted by molar-refractivity contribution is -0.116. The first-order valence-corrected chi connectivity index (χ1v) is 15.4. The zero-order valence-corrected chi connectivity index (χ0v) is 26.5. The predicted molar refractivity (Wildman–Crippen MR) is 178 cm³/mol. The molecular weight excluding hydrogens is 648 g/mol. The van der Waals surface area contributed by atoms with Gasteiger partial charge in [0.05, 0.1) is 15.3 Å². The van der Waals surface area contributed by atoms with Crippen molar-refractivity contribution in [2.75, 3.05) is 10.6 Å². The Morgan fingerprint density at radius 3 is 2.19 bits per heavy atom. The third-order valence-corrected chi connectivity index (χ3v) is 8.60. The van der Waals surface area contributed by atoms with Crippen molar-refractivity contribution in [1.82, 2.24) is 5.32 Å². The molecule has 0 saturated heterocycles. The maximum atomic E-state index is 13.5. The second kappa shape index (κ2) is 15.3. The Morgan fingerprint density at radius 1 is 0.791 bits per heavy atom. The van der Waals surface area contributed by atoms with Crippen LogP contribution in [0.4, 0.5) is 11.4 Å². The number of nitrogens with one attached hydrogen (secondary N) is 3. The topological polar surface area (TPSA) is 87.3 Å². The molecule has 0 saturated carbocycles. The minimum Gasteiger partial charge on any atom is -0.325 e. The van der Waals surface area contributed by atoms with E-state index in [0.29, 0.717) is 44.0 Å². The number of halogens is 4. The number of hydrogen-bond donors (Lipinski definition) is 3. The summed E-state index contributed by atoms with van der Waals surface area (Å²) in [5.74, 6) is -1.26. The maximum Gasteiger partial charge on any atom is 0.272 e. The number of benzene rings is 4. The molecule has 0 aliphatic heterocycles. The van der Waals surface area contributed by atoms with Crippen LogP contribution in [0.15, 0.2) is 102 Å². The van der Waals surface area contributed by atoms with Crippen LogP contribution < -0.4 is 16.0 Å². The first-order valence-electron chi connectivity index (χ1n) is 13.0. The lowest BCUT2D eigenvalue weighted by Gasteiger charge is -2.16. The molecule has 0 radical (unpaired) electrons. The first kappa shape index (κ1) is 32.5. The van der Waals surface area contributed by atoms with Crippen LogP contribution in [0, 0.1) is 0 Å². The zero-order valence-electron chi connectivity index (χ0n) is 22.7. The molecule has 4 aromatic carbocycles. The molecule has 0 heterocycles. The Kier molecular flexibility index (Phi) is 11.6. The number of rotatable bonds is 10. The number of hydrogen-bond acceptors (Lipinski definition) is 4. The number of amides is 3. The molecule has 0 aliphatic rings. The van der Waals surface area contributed by atoms with Gasteiger partial charge in [0.25, 0.3) is 11.8 Å². The number of carbonyl (C=O) groups is 3. The van der Waals surface area contributed by atoms with E-state index in [1.165, 1.54) is 17.8 Å². The molecular formula is C32H25Cl4N3O3S. The van der Waals surface area contributed by atoms with Gasteiger partial charge in [-0.15, -0.1) is 11.8 Å². The minimum absolute atomic E-state index is 0.0397. The van der Waals surface area contributed by atoms with Crippen LogP contribution in [0.3, 0.4) is 0 Å². The lowest BCUT2D eigenvalue weighted by atomic mass is 10.1. The number of thioether (sulfide) groups is 1. The molecule has 6 nitrogen and oxygen atoms in total. The van der Waals surface area contributed by atoms with Crippen LogP contribution in [0.25, 0.3) is 6.08 Å². The molecule has 0 aliphatic carbocycles. The van der Waals surface area contributed by atoms with Gasteiger partial charge in [-0.05, 0) is 72.7 Å². The van der Waals surface area contributed by atoms with E-state index in [2.05, 4.69) is 16.0 Å². The molecule has 1 atom stereocenters. The molecule has 0 fully saturated rings. The van der Waals surface area contributed by atoms with Gasteiger partial charge in [0.2, 0.25) is 5.91 Å². The Balaban J connectivity index is 1.53. The zero-order chi connectivity index (χ0) is 30.9. The van der Waals surface area contributed by atoms with E-state index in [1.807, 2.05) is 13.0 Å². The first-order chi connectivity index (χ1) is 20.6. The fourth-order valence-electron chi connectivity index (χ4n) is 3.91. The average Bonchev–Trinajstić information content (AvgIpc) is 2.97. The Labute approximate surface area is 273 Å². The minimum atomic E-state index is -0.579.